The molecule has 0 bridgehead atoms. The van der Waals surface area contributed by atoms with Crippen molar-refractivity contribution < 1.29 is 23.1 Å². The topological polar surface area (TPSA) is 91.8 Å². The summed E-state index contributed by atoms with van der Waals surface area (Å²) in [6.45, 7) is 2.99. The number of rotatable bonds is 6. The summed E-state index contributed by atoms with van der Waals surface area (Å²) in [6.07, 6.45) is 0. The largest absolute Gasteiger partial charge is 0.480 e. The predicted octanol–water partition coefficient (Wildman–Crippen LogP) is -0.400. The van der Waals surface area contributed by atoms with Crippen molar-refractivity contribution in [3.63, 3.8) is 0 Å². The van der Waals surface area contributed by atoms with E-state index in [0.717, 1.165) is 4.90 Å². The molecule has 7 heteroatoms. The van der Waals surface area contributed by atoms with E-state index in [9.17, 15) is 18.0 Å². The Morgan fingerprint density at radius 1 is 1.31 bits per heavy atom. The van der Waals surface area contributed by atoms with Crippen LogP contribution in [-0.4, -0.2) is 55.4 Å². The first-order valence-corrected chi connectivity index (χ1v) is 6.62. The average Bonchev–Trinajstić information content (AvgIpc) is 1.98. The van der Waals surface area contributed by atoms with E-state index in [0.29, 0.717) is 0 Å². The quantitative estimate of drug-likeness (QED) is 0.693. The van der Waals surface area contributed by atoms with Crippen LogP contribution in [0.3, 0.4) is 0 Å². The van der Waals surface area contributed by atoms with Gasteiger partial charge in [0.15, 0.2) is 9.84 Å². The number of hydrogen-bond donors (Lipinski definition) is 1. The van der Waals surface area contributed by atoms with Gasteiger partial charge in [0, 0.05) is 7.05 Å². The third kappa shape index (κ3) is 6.39. The summed E-state index contributed by atoms with van der Waals surface area (Å²) in [5, 5.41) is 8.43. The van der Waals surface area contributed by atoms with Crippen molar-refractivity contribution in [2.75, 3.05) is 25.1 Å². The standard InChI is InChI=1S/C9H17NO5S/c1-7(2)5-16(14,15)6-8(11)10(3)4-9(12)13/h7H,4-6H2,1-3H3,(H,12,13). The number of nitrogens with zero attached hydrogens (tertiary/aromatic N) is 1. The van der Waals surface area contributed by atoms with E-state index in [1.54, 1.807) is 13.8 Å². The molecule has 0 radical (unpaired) electrons. The number of carbonyl (C=O) groups is 2. The summed E-state index contributed by atoms with van der Waals surface area (Å²) in [7, 11) is -2.18. The molecule has 0 unspecified atom stereocenters. The molecule has 6 nitrogen and oxygen atoms in total. The van der Waals surface area contributed by atoms with E-state index >= 15 is 0 Å². The molecule has 1 N–H and O–H groups in total. The van der Waals surface area contributed by atoms with Crippen LogP contribution in [0, 0.1) is 5.92 Å². The van der Waals surface area contributed by atoms with Crippen molar-refractivity contribution >= 4 is 21.7 Å². The first-order chi connectivity index (χ1) is 7.14. The normalized spacial score (nSPS) is 11.5. The SMILES string of the molecule is CC(C)CS(=O)(=O)CC(=O)N(C)CC(=O)O. The van der Waals surface area contributed by atoms with Gasteiger partial charge in [0.05, 0.1) is 5.75 Å². The van der Waals surface area contributed by atoms with Crippen LogP contribution in [0.1, 0.15) is 13.8 Å². The van der Waals surface area contributed by atoms with Crippen LogP contribution >= 0.6 is 0 Å². The van der Waals surface area contributed by atoms with Crippen LogP contribution in [-0.2, 0) is 19.4 Å². The van der Waals surface area contributed by atoms with Gasteiger partial charge in [-0.2, -0.15) is 0 Å². The lowest BCUT2D eigenvalue weighted by molar-refractivity contribution is -0.142. The van der Waals surface area contributed by atoms with Gasteiger partial charge in [-0.3, -0.25) is 9.59 Å². The summed E-state index contributed by atoms with van der Waals surface area (Å²) in [4.78, 5) is 22.6. The Morgan fingerprint density at radius 3 is 2.19 bits per heavy atom. The van der Waals surface area contributed by atoms with Crippen molar-refractivity contribution in [1.82, 2.24) is 4.90 Å². The second-order valence-corrected chi connectivity index (χ2v) is 6.20. The minimum absolute atomic E-state index is 0.0532. The third-order valence-corrected chi connectivity index (χ3v) is 3.59. The van der Waals surface area contributed by atoms with Crippen LogP contribution in [0.2, 0.25) is 0 Å². The number of amides is 1. The van der Waals surface area contributed by atoms with Crippen LogP contribution in [0.15, 0.2) is 0 Å². The van der Waals surface area contributed by atoms with Crippen LogP contribution in [0.5, 0.6) is 0 Å². The van der Waals surface area contributed by atoms with E-state index in [-0.39, 0.29) is 11.7 Å². The zero-order chi connectivity index (χ0) is 12.9. The highest BCUT2D eigenvalue weighted by atomic mass is 32.2. The lowest BCUT2D eigenvalue weighted by Crippen LogP contribution is -2.37. The Morgan fingerprint density at radius 2 is 1.81 bits per heavy atom. The minimum Gasteiger partial charge on any atom is -0.480 e. The summed E-state index contributed by atoms with van der Waals surface area (Å²) in [6, 6.07) is 0. The summed E-state index contributed by atoms with van der Waals surface area (Å²) < 4.78 is 22.9. The lowest BCUT2D eigenvalue weighted by Gasteiger charge is -2.15. The number of aliphatic carboxylic acids is 1. The molecule has 0 aromatic carbocycles. The molecule has 0 atom stereocenters. The van der Waals surface area contributed by atoms with Crippen molar-refractivity contribution in [3.05, 3.63) is 0 Å². The van der Waals surface area contributed by atoms with E-state index in [4.69, 9.17) is 5.11 Å². The highest BCUT2D eigenvalue weighted by Gasteiger charge is 2.21. The van der Waals surface area contributed by atoms with Crippen LogP contribution < -0.4 is 0 Å². The highest BCUT2D eigenvalue weighted by molar-refractivity contribution is 7.92. The molecule has 0 spiro atoms. The molecule has 0 aromatic heterocycles. The Kier molecular flexibility index (Phi) is 5.43. The molecule has 0 heterocycles. The van der Waals surface area contributed by atoms with Crippen LogP contribution in [0.25, 0.3) is 0 Å². The monoisotopic (exact) mass is 251 g/mol. The number of carbonyl (C=O) groups excluding carboxylic acids is 1. The van der Waals surface area contributed by atoms with Gasteiger partial charge in [-0.05, 0) is 5.92 Å². The Balaban J connectivity index is 4.39. The molecule has 0 fully saturated rings. The smallest absolute Gasteiger partial charge is 0.323 e. The molecule has 1 amide bonds. The fourth-order valence-corrected chi connectivity index (χ4v) is 2.89. The van der Waals surface area contributed by atoms with Gasteiger partial charge in [0.1, 0.15) is 12.3 Å². The molecule has 0 rings (SSSR count). The van der Waals surface area contributed by atoms with Gasteiger partial charge in [-0.15, -0.1) is 0 Å². The van der Waals surface area contributed by atoms with Crippen molar-refractivity contribution in [1.29, 1.82) is 0 Å². The molecule has 16 heavy (non-hydrogen) atoms. The van der Waals surface area contributed by atoms with Gasteiger partial charge in [-0.1, -0.05) is 13.8 Å². The van der Waals surface area contributed by atoms with E-state index in [2.05, 4.69) is 0 Å². The van der Waals surface area contributed by atoms with E-state index in [1.807, 2.05) is 0 Å². The van der Waals surface area contributed by atoms with Gasteiger partial charge >= 0.3 is 5.97 Å². The number of hydrogen-bond acceptors (Lipinski definition) is 4. The Hall–Kier alpha value is -1.11. The highest BCUT2D eigenvalue weighted by Crippen LogP contribution is 2.02. The molecule has 0 aromatic rings. The average molecular weight is 251 g/mol. The number of carboxylic acids is 1. The number of likely N-dealkylation sites (N-methyl/N-ethyl adjacent to an activating group) is 1. The van der Waals surface area contributed by atoms with E-state index < -0.39 is 34.0 Å². The Bertz CT molecular complexity index is 360. The zero-order valence-electron chi connectivity index (χ0n) is 9.63. The van der Waals surface area contributed by atoms with E-state index in [1.165, 1.54) is 7.05 Å². The maximum Gasteiger partial charge on any atom is 0.323 e. The van der Waals surface area contributed by atoms with Crippen LogP contribution in [0.4, 0.5) is 0 Å². The van der Waals surface area contributed by atoms with Crippen molar-refractivity contribution in [2.24, 2.45) is 5.92 Å². The second-order valence-electron chi connectivity index (χ2n) is 4.09. The first-order valence-electron chi connectivity index (χ1n) is 4.80. The number of sulfone groups is 1. The lowest BCUT2D eigenvalue weighted by atomic mass is 10.3. The van der Waals surface area contributed by atoms with Gasteiger partial charge in [-0.25, -0.2) is 8.42 Å². The fraction of sp³-hybridized carbons (Fsp3) is 0.778. The molecule has 0 aliphatic heterocycles. The maximum atomic E-state index is 11.4. The second kappa shape index (κ2) is 5.83. The molecule has 0 saturated heterocycles. The molecule has 0 aliphatic rings. The first kappa shape index (κ1) is 14.9. The Labute approximate surface area is 95.2 Å². The molecule has 94 valence electrons. The fourth-order valence-electron chi connectivity index (χ4n) is 1.16. The van der Waals surface area contributed by atoms with Crippen molar-refractivity contribution in [2.45, 2.75) is 13.8 Å². The maximum absolute atomic E-state index is 11.4. The van der Waals surface area contributed by atoms with Gasteiger partial charge in [0.25, 0.3) is 0 Å². The predicted molar refractivity (Wildman–Crippen MR) is 58.8 cm³/mol. The molecule has 0 saturated carbocycles. The minimum atomic E-state index is -3.45. The molecular formula is C9H17NO5S. The summed E-state index contributed by atoms with van der Waals surface area (Å²) >= 11 is 0. The number of carboxylic acid groups (broad SMARTS) is 1. The van der Waals surface area contributed by atoms with Crippen molar-refractivity contribution in [3.8, 4) is 0 Å². The molecule has 0 aliphatic carbocycles. The molecular weight excluding hydrogens is 234 g/mol. The zero-order valence-corrected chi connectivity index (χ0v) is 10.5. The summed E-state index contributed by atoms with van der Waals surface area (Å²) in [5.74, 6) is -2.61. The third-order valence-electron chi connectivity index (χ3n) is 1.73. The van der Waals surface area contributed by atoms with Gasteiger partial charge in [0.2, 0.25) is 5.91 Å². The van der Waals surface area contributed by atoms with Gasteiger partial charge < -0.3 is 10.0 Å². The summed E-state index contributed by atoms with van der Waals surface area (Å²) in [5.41, 5.74) is 0.